The van der Waals surface area contributed by atoms with E-state index in [-0.39, 0.29) is 41.7 Å². The lowest BCUT2D eigenvalue weighted by Gasteiger charge is -2.33. The van der Waals surface area contributed by atoms with Gasteiger partial charge in [0.15, 0.2) is 0 Å². The van der Waals surface area contributed by atoms with Gasteiger partial charge in [-0.2, -0.15) is 5.26 Å². The third kappa shape index (κ3) is 10.1. The van der Waals surface area contributed by atoms with Crippen LogP contribution in [0.25, 0.3) is 17.2 Å². The highest BCUT2D eigenvalue weighted by molar-refractivity contribution is 7.51. The summed E-state index contributed by atoms with van der Waals surface area (Å²) in [4.78, 5) is 59.1. The average Bonchev–Trinajstić information content (AvgIpc) is 3.74. The van der Waals surface area contributed by atoms with Crippen molar-refractivity contribution < 1.29 is 23.7 Å². The highest BCUT2D eigenvalue weighted by Gasteiger charge is 2.28. The number of anilines is 1. The number of carbonyl (C=O) groups is 4. The van der Waals surface area contributed by atoms with Gasteiger partial charge in [-0.1, -0.05) is 30.3 Å². The first kappa shape index (κ1) is 40.5. The van der Waals surface area contributed by atoms with Crippen molar-refractivity contribution in [3.8, 4) is 17.2 Å². The number of nitrogens with zero attached hydrogens (tertiary/aromatic N) is 4. The molecule has 1 fully saturated rings. The van der Waals surface area contributed by atoms with Crippen molar-refractivity contribution >= 4 is 54.9 Å². The summed E-state index contributed by atoms with van der Waals surface area (Å²) in [5.41, 5.74) is 5.72. The average molecular weight is 791 g/mol. The van der Waals surface area contributed by atoms with E-state index in [1.807, 2.05) is 80.0 Å². The van der Waals surface area contributed by atoms with Gasteiger partial charge in [-0.3, -0.25) is 19.2 Å². The molecule has 290 valence electrons. The van der Waals surface area contributed by atoms with Crippen LogP contribution in [-0.4, -0.2) is 78.2 Å². The Kier molecular flexibility index (Phi) is 13.1. The topological polar surface area (TPSA) is 145 Å². The minimum atomic E-state index is -1.01. The van der Waals surface area contributed by atoms with Crippen LogP contribution < -0.4 is 15.5 Å². The molecule has 1 saturated heterocycles. The molecule has 11 nitrogen and oxygen atoms in total. The highest BCUT2D eigenvalue weighted by Crippen LogP contribution is 2.34. The Balaban J connectivity index is 0.946. The molecule has 2 atom stereocenters. The molecular formula is C43H47N6O5PS. The third-order valence-electron chi connectivity index (χ3n) is 10.0. The number of hydrogen-bond donors (Lipinski definition) is 2. The normalized spacial score (nSPS) is 16.3. The Morgan fingerprint density at radius 2 is 1.71 bits per heavy atom. The fourth-order valence-electron chi connectivity index (χ4n) is 7.02. The fourth-order valence-corrected chi connectivity index (χ4v) is 8.59. The molecule has 1 aromatic heterocycles. The van der Waals surface area contributed by atoms with Gasteiger partial charge in [-0.15, -0.1) is 11.3 Å². The van der Waals surface area contributed by atoms with E-state index in [2.05, 4.69) is 21.7 Å². The number of fused-ring (bicyclic) bond motifs is 1. The summed E-state index contributed by atoms with van der Waals surface area (Å²) in [6, 6.07) is 23.2. The van der Waals surface area contributed by atoms with Crippen molar-refractivity contribution in [3.63, 3.8) is 0 Å². The molecule has 2 aliphatic rings. The maximum Gasteiger partial charge on any atom is 0.264 e. The van der Waals surface area contributed by atoms with E-state index < -0.39 is 13.7 Å². The van der Waals surface area contributed by atoms with Crippen LogP contribution in [0, 0.1) is 11.3 Å². The quantitative estimate of drug-likeness (QED) is 0.0867. The molecular weight excluding hydrogens is 744 g/mol. The van der Waals surface area contributed by atoms with Crippen molar-refractivity contribution in [1.82, 2.24) is 20.5 Å². The molecule has 2 aliphatic heterocycles. The van der Waals surface area contributed by atoms with E-state index in [0.717, 1.165) is 60.2 Å². The maximum absolute atomic E-state index is 13.2. The van der Waals surface area contributed by atoms with Gasteiger partial charge in [0.1, 0.15) is 16.6 Å². The second kappa shape index (κ2) is 18.2. The lowest BCUT2D eigenvalue weighted by molar-refractivity contribution is -0.127. The van der Waals surface area contributed by atoms with Gasteiger partial charge in [0.25, 0.3) is 17.7 Å². The number of rotatable bonds is 12. The predicted molar refractivity (Wildman–Crippen MR) is 222 cm³/mol. The number of benzene rings is 3. The van der Waals surface area contributed by atoms with Crippen molar-refractivity contribution in [2.75, 3.05) is 44.1 Å². The van der Waals surface area contributed by atoms with Crippen LogP contribution in [0.3, 0.4) is 0 Å². The van der Waals surface area contributed by atoms with E-state index in [9.17, 15) is 24.4 Å². The molecule has 0 bridgehead atoms. The van der Waals surface area contributed by atoms with Crippen molar-refractivity contribution in [2.45, 2.75) is 57.9 Å². The van der Waals surface area contributed by atoms with Gasteiger partial charge in [-0.05, 0) is 111 Å². The molecule has 4 aromatic rings. The van der Waals surface area contributed by atoms with Gasteiger partial charge in [-0.25, -0.2) is 4.98 Å². The van der Waals surface area contributed by atoms with Gasteiger partial charge in [0, 0.05) is 69.0 Å². The number of carbonyl (C=O) groups excluding carboxylic acids is 4. The first-order chi connectivity index (χ1) is 26.9. The van der Waals surface area contributed by atoms with E-state index in [1.165, 1.54) is 11.3 Å². The molecule has 6 rings (SSSR count). The van der Waals surface area contributed by atoms with E-state index in [1.54, 1.807) is 41.6 Å². The first-order valence-electron chi connectivity index (χ1n) is 18.8. The fraction of sp³-hybridized carbons (Fsp3) is 0.349. The standard InChI is InChI=1S/C43H47N6O5PS/c1-29(50)49-21-6-7-35-23-34(17-18-38(35)49)30-9-15-33(16-10-30)41(52)47-43(2,3)27-54-55(4)28-46-40(51)32-13-11-31(12-14-32)36-8-5-20-48(26-36)42(53)37(25-44)24-39-45-19-22-56-39/h9-19,22-24,36H,5-8,20-21,26-28H2,1-4H3,(H,46,51)(H,47,52)/b37-24+. The minimum absolute atomic E-state index is 0.0539. The summed E-state index contributed by atoms with van der Waals surface area (Å²) in [5.74, 6) is -0.534. The number of nitrogens with one attached hydrogen (secondary N) is 2. The Labute approximate surface area is 333 Å². The molecule has 4 amide bonds. The Bertz CT molecular complexity index is 2130. The number of likely N-dealkylation sites (tertiary alicyclic amines) is 1. The molecule has 3 aromatic carbocycles. The highest BCUT2D eigenvalue weighted by atomic mass is 32.1. The number of aryl methyl sites for hydroxylation is 1. The summed E-state index contributed by atoms with van der Waals surface area (Å²) in [6.07, 6.45) is 7.14. The summed E-state index contributed by atoms with van der Waals surface area (Å²) < 4.78 is 6.11. The Morgan fingerprint density at radius 1 is 1.00 bits per heavy atom. The van der Waals surface area contributed by atoms with Gasteiger partial charge in [0.05, 0.1) is 18.4 Å². The zero-order chi connectivity index (χ0) is 39.8. The van der Waals surface area contributed by atoms with Crippen LogP contribution >= 0.6 is 19.5 Å². The van der Waals surface area contributed by atoms with Gasteiger partial charge in [0.2, 0.25) is 5.91 Å². The van der Waals surface area contributed by atoms with Crippen molar-refractivity contribution in [2.24, 2.45) is 0 Å². The van der Waals surface area contributed by atoms with Crippen LogP contribution in [-0.2, 0) is 20.5 Å². The molecule has 2 unspecified atom stereocenters. The van der Waals surface area contributed by atoms with Crippen LogP contribution in [0.15, 0.2) is 83.9 Å². The van der Waals surface area contributed by atoms with Crippen molar-refractivity contribution in [3.05, 3.63) is 111 Å². The van der Waals surface area contributed by atoms with Crippen LogP contribution in [0.5, 0.6) is 0 Å². The van der Waals surface area contributed by atoms with Crippen LogP contribution in [0.2, 0.25) is 0 Å². The second-order valence-corrected chi connectivity index (χ2v) is 17.6. The van der Waals surface area contributed by atoms with Crippen molar-refractivity contribution in [1.29, 1.82) is 5.26 Å². The summed E-state index contributed by atoms with van der Waals surface area (Å²) in [5, 5.41) is 18.1. The lowest BCUT2D eigenvalue weighted by Crippen LogP contribution is -2.46. The first-order valence-corrected chi connectivity index (χ1v) is 21.5. The Morgan fingerprint density at radius 3 is 2.41 bits per heavy atom. The van der Waals surface area contributed by atoms with E-state index >= 15 is 0 Å². The smallest absolute Gasteiger partial charge is 0.264 e. The Hall–Kier alpha value is -5.21. The summed E-state index contributed by atoms with van der Waals surface area (Å²) in [6.45, 7) is 9.46. The lowest BCUT2D eigenvalue weighted by atomic mass is 9.89. The number of piperidine rings is 1. The number of thiazole rings is 1. The molecule has 0 saturated carbocycles. The minimum Gasteiger partial charge on any atom is -0.355 e. The second-order valence-electron chi connectivity index (χ2n) is 14.9. The number of hydrogen-bond acceptors (Lipinski definition) is 8. The summed E-state index contributed by atoms with van der Waals surface area (Å²) >= 11 is 1.38. The predicted octanol–water partition coefficient (Wildman–Crippen LogP) is 7.36. The number of nitriles is 1. The maximum atomic E-state index is 13.2. The van der Waals surface area contributed by atoms with Gasteiger partial charge < -0.3 is 25.0 Å². The number of aromatic nitrogens is 1. The molecule has 3 heterocycles. The molecule has 56 heavy (non-hydrogen) atoms. The molecule has 0 radical (unpaired) electrons. The van der Waals surface area contributed by atoms with Gasteiger partial charge >= 0.3 is 0 Å². The number of amides is 4. The van der Waals surface area contributed by atoms with Crippen LogP contribution in [0.4, 0.5) is 5.69 Å². The zero-order valence-corrected chi connectivity index (χ0v) is 33.9. The summed E-state index contributed by atoms with van der Waals surface area (Å²) in [7, 11) is -1.01. The third-order valence-corrected chi connectivity index (χ3v) is 11.9. The molecule has 13 heteroatoms. The zero-order valence-electron chi connectivity index (χ0n) is 32.2. The van der Waals surface area contributed by atoms with E-state index in [0.29, 0.717) is 35.5 Å². The SMILES string of the molecule is CC(=O)N1CCCc2cc(-c3ccc(C(=O)NC(C)(C)COP(C)CNC(=O)c4ccc(C5CCCN(C(=O)/C(C#N)=C/c6nccs6)C5)cc4)cc3)ccc21. The molecule has 2 N–H and O–H groups in total. The molecule has 0 spiro atoms. The molecule has 0 aliphatic carbocycles. The van der Waals surface area contributed by atoms with Crippen LogP contribution in [0.1, 0.15) is 82.8 Å². The monoisotopic (exact) mass is 790 g/mol. The van der Waals surface area contributed by atoms with E-state index in [4.69, 9.17) is 4.52 Å². The largest absolute Gasteiger partial charge is 0.355 e.